The molecule has 0 aliphatic carbocycles. The molecule has 0 fully saturated rings. The summed E-state index contributed by atoms with van der Waals surface area (Å²) in [5.74, 6) is 0.908. The van der Waals surface area contributed by atoms with E-state index in [-0.39, 0.29) is 5.78 Å². The van der Waals surface area contributed by atoms with E-state index < -0.39 is 0 Å². The molecule has 2 rings (SSSR count). The van der Waals surface area contributed by atoms with E-state index in [1.54, 1.807) is 0 Å². The summed E-state index contributed by atoms with van der Waals surface area (Å²) < 4.78 is 8.49. The van der Waals surface area contributed by atoms with Crippen molar-refractivity contribution in [3.63, 3.8) is 0 Å². The molecule has 21 heavy (non-hydrogen) atoms. The van der Waals surface area contributed by atoms with E-state index in [1.807, 2.05) is 42.5 Å². The number of hydrogen-bond donors (Lipinski definition) is 0. The monoisotopic (exact) mass is 474 g/mol. The second-order valence-electron chi connectivity index (χ2n) is 4.43. The molecule has 0 atom stereocenters. The molecule has 0 aromatic heterocycles. The van der Waals surface area contributed by atoms with Gasteiger partial charge in [0.1, 0.15) is 5.75 Å². The summed E-state index contributed by atoms with van der Waals surface area (Å²) >= 11 is 10.2. The normalized spacial score (nSPS) is 10.4. The fraction of sp³-hybridized carbons (Fsp3) is 0.188. The van der Waals surface area contributed by atoms with Crippen LogP contribution < -0.4 is 4.74 Å². The van der Waals surface area contributed by atoms with E-state index in [1.165, 1.54) is 0 Å². The summed E-state index contributed by atoms with van der Waals surface area (Å²) in [4.78, 5) is 12.0. The number of ketones is 1. The van der Waals surface area contributed by atoms with Gasteiger partial charge in [-0.3, -0.25) is 4.79 Å². The van der Waals surface area contributed by atoms with Gasteiger partial charge in [0, 0.05) is 16.5 Å². The first kappa shape index (κ1) is 16.7. The van der Waals surface area contributed by atoms with Crippen molar-refractivity contribution in [1.82, 2.24) is 0 Å². The Bertz CT molecular complexity index is 604. The topological polar surface area (TPSA) is 26.3 Å². The van der Waals surface area contributed by atoms with Gasteiger partial charge in [-0.25, -0.2) is 0 Å². The summed E-state index contributed by atoms with van der Waals surface area (Å²) in [5.41, 5.74) is 0.736. The number of rotatable bonds is 6. The number of para-hydroxylation sites is 1. The average Bonchev–Trinajstić information content (AvgIpc) is 2.46. The lowest BCUT2D eigenvalue weighted by Crippen LogP contribution is -2.04. The van der Waals surface area contributed by atoms with Gasteiger partial charge in [-0.05, 0) is 62.5 Å². The molecule has 2 nitrogen and oxygen atoms in total. The van der Waals surface area contributed by atoms with Crippen LogP contribution in [-0.4, -0.2) is 12.4 Å². The van der Waals surface area contributed by atoms with E-state index >= 15 is 0 Å². The molecule has 0 aliphatic heterocycles. The maximum Gasteiger partial charge on any atom is 0.163 e. The number of halogens is 3. The van der Waals surface area contributed by atoms with Gasteiger partial charge in [-0.1, -0.05) is 34.1 Å². The van der Waals surface area contributed by atoms with E-state index in [0.717, 1.165) is 24.7 Å². The fourth-order valence-electron chi connectivity index (χ4n) is 1.81. The van der Waals surface area contributed by atoms with Crippen molar-refractivity contribution in [2.45, 2.75) is 12.8 Å². The maximum absolute atomic E-state index is 12.0. The standard InChI is InChI=1S/C16H13Br3O2/c17-12-8-6-11(7-9-12)15(20)5-2-10-21-16-13(18)3-1-4-14(16)19/h1,3-4,6-9H,2,5,10H2. The van der Waals surface area contributed by atoms with Gasteiger partial charge in [-0.15, -0.1) is 0 Å². The largest absolute Gasteiger partial charge is 0.491 e. The summed E-state index contributed by atoms with van der Waals surface area (Å²) in [6.45, 7) is 0.503. The van der Waals surface area contributed by atoms with E-state index in [0.29, 0.717) is 19.4 Å². The molecule has 0 amide bonds. The second kappa shape index (κ2) is 8.11. The number of hydrogen-bond acceptors (Lipinski definition) is 2. The minimum absolute atomic E-state index is 0.136. The molecule has 0 N–H and O–H groups in total. The Morgan fingerprint density at radius 2 is 1.57 bits per heavy atom. The lowest BCUT2D eigenvalue weighted by atomic mass is 10.1. The van der Waals surface area contributed by atoms with Crippen molar-refractivity contribution >= 4 is 53.6 Å². The third kappa shape index (κ3) is 4.94. The van der Waals surface area contributed by atoms with Crippen molar-refractivity contribution in [2.75, 3.05) is 6.61 Å². The zero-order valence-electron chi connectivity index (χ0n) is 11.1. The molecule has 0 saturated heterocycles. The Morgan fingerprint density at radius 1 is 0.952 bits per heavy atom. The summed E-state index contributed by atoms with van der Waals surface area (Å²) in [6.07, 6.45) is 1.16. The first-order valence-electron chi connectivity index (χ1n) is 6.43. The van der Waals surface area contributed by atoms with Crippen molar-refractivity contribution in [1.29, 1.82) is 0 Å². The third-order valence-electron chi connectivity index (χ3n) is 2.88. The van der Waals surface area contributed by atoms with Gasteiger partial charge in [-0.2, -0.15) is 0 Å². The number of benzene rings is 2. The highest BCUT2D eigenvalue weighted by Gasteiger charge is 2.08. The Labute approximate surface area is 149 Å². The minimum Gasteiger partial charge on any atom is -0.491 e. The highest BCUT2D eigenvalue weighted by molar-refractivity contribution is 9.11. The van der Waals surface area contributed by atoms with Gasteiger partial charge in [0.2, 0.25) is 0 Å². The average molecular weight is 477 g/mol. The van der Waals surface area contributed by atoms with Crippen molar-refractivity contribution in [3.8, 4) is 5.75 Å². The zero-order valence-corrected chi connectivity index (χ0v) is 15.9. The predicted octanol–water partition coefficient (Wildman–Crippen LogP) is 6.02. The van der Waals surface area contributed by atoms with Gasteiger partial charge in [0.15, 0.2) is 5.78 Å². The summed E-state index contributed by atoms with van der Waals surface area (Å²) in [6, 6.07) is 13.2. The molecular weight excluding hydrogens is 464 g/mol. The molecule has 0 bridgehead atoms. The Kier molecular flexibility index (Phi) is 6.45. The maximum atomic E-state index is 12.0. The number of ether oxygens (including phenoxy) is 1. The molecular formula is C16H13Br3O2. The molecule has 0 heterocycles. The van der Waals surface area contributed by atoms with Crippen molar-refractivity contribution in [3.05, 3.63) is 61.4 Å². The second-order valence-corrected chi connectivity index (χ2v) is 7.06. The Balaban J connectivity index is 1.82. The van der Waals surface area contributed by atoms with Crippen LogP contribution in [0.25, 0.3) is 0 Å². The first-order chi connectivity index (χ1) is 10.1. The molecule has 110 valence electrons. The van der Waals surface area contributed by atoms with Gasteiger partial charge < -0.3 is 4.74 Å². The Morgan fingerprint density at radius 3 is 2.19 bits per heavy atom. The van der Waals surface area contributed by atoms with Gasteiger partial charge in [0.25, 0.3) is 0 Å². The van der Waals surface area contributed by atoms with Crippen LogP contribution in [0.15, 0.2) is 55.9 Å². The van der Waals surface area contributed by atoms with Crippen LogP contribution in [0.2, 0.25) is 0 Å². The van der Waals surface area contributed by atoms with Gasteiger partial charge >= 0.3 is 0 Å². The molecule has 0 saturated carbocycles. The smallest absolute Gasteiger partial charge is 0.163 e. The minimum atomic E-state index is 0.136. The van der Waals surface area contributed by atoms with Crippen molar-refractivity contribution in [2.24, 2.45) is 0 Å². The van der Waals surface area contributed by atoms with Crippen LogP contribution >= 0.6 is 47.8 Å². The van der Waals surface area contributed by atoms with E-state index in [9.17, 15) is 4.79 Å². The molecule has 0 unspecified atom stereocenters. The molecule has 0 aliphatic rings. The van der Waals surface area contributed by atoms with E-state index in [4.69, 9.17) is 4.74 Å². The summed E-state index contributed by atoms with van der Waals surface area (Å²) in [5, 5.41) is 0. The molecule has 5 heteroatoms. The fourth-order valence-corrected chi connectivity index (χ4v) is 3.30. The Hall–Kier alpha value is -0.650. The SMILES string of the molecule is O=C(CCCOc1c(Br)cccc1Br)c1ccc(Br)cc1. The van der Waals surface area contributed by atoms with Crippen LogP contribution in [0, 0.1) is 0 Å². The highest BCUT2D eigenvalue weighted by Crippen LogP contribution is 2.33. The third-order valence-corrected chi connectivity index (χ3v) is 4.66. The molecule has 0 spiro atoms. The van der Waals surface area contributed by atoms with Crippen LogP contribution in [0.5, 0.6) is 5.75 Å². The molecule has 2 aromatic rings. The highest BCUT2D eigenvalue weighted by atomic mass is 79.9. The number of carbonyl (C=O) groups is 1. The van der Waals surface area contributed by atoms with Crippen LogP contribution in [0.1, 0.15) is 23.2 Å². The van der Waals surface area contributed by atoms with E-state index in [2.05, 4.69) is 47.8 Å². The lowest BCUT2D eigenvalue weighted by Gasteiger charge is -2.09. The number of carbonyl (C=O) groups excluding carboxylic acids is 1. The molecule has 0 radical (unpaired) electrons. The summed E-state index contributed by atoms with van der Waals surface area (Å²) in [7, 11) is 0. The van der Waals surface area contributed by atoms with Gasteiger partial charge in [0.05, 0.1) is 15.6 Å². The van der Waals surface area contributed by atoms with Crippen molar-refractivity contribution < 1.29 is 9.53 Å². The van der Waals surface area contributed by atoms with Crippen LogP contribution in [0.3, 0.4) is 0 Å². The first-order valence-corrected chi connectivity index (χ1v) is 8.81. The predicted molar refractivity (Wildman–Crippen MR) is 95.0 cm³/mol. The number of Topliss-reactive ketones (excluding diaryl/α,β-unsaturated/α-hetero) is 1. The lowest BCUT2D eigenvalue weighted by molar-refractivity contribution is 0.0973. The molecule has 2 aromatic carbocycles. The van der Waals surface area contributed by atoms with Crippen LogP contribution in [-0.2, 0) is 0 Å². The zero-order chi connectivity index (χ0) is 15.2. The quantitative estimate of drug-likeness (QED) is 0.376. The van der Waals surface area contributed by atoms with Crippen LogP contribution in [0.4, 0.5) is 0 Å².